The molecule has 4 heteroatoms. The first-order chi connectivity index (χ1) is 5.70. The lowest BCUT2D eigenvalue weighted by Crippen LogP contribution is -2.26. The molecule has 1 saturated heterocycles. The molecule has 4 nitrogen and oxygen atoms in total. The Bertz CT molecular complexity index is 191. The van der Waals surface area contributed by atoms with Crippen LogP contribution in [0.1, 0.15) is 25.7 Å². The molecule has 0 atom stereocenters. The first-order valence-electron chi connectivity index (χ1n) is 4.26. The summed E-state index contributed by atoms with van der Waals surface area (Å²) in [4.78, 5) is 23.2. The van der Waals surface area contributed by atoms with Crippen molar-refractivity contribution in [2.45, 2.75) is 25.7 Å². The Morgan fingerprint density at radius 1 is 1.58 bits per heavy atom. The molecule has 0 saturated carbocycles. The quantitative estimate of drug-likeness (QED) is 0.639. The summed E-state index contributed by atoms with van der Waals surface area (Å²) in [6.07, 6.45) is 2.69. The lowest BCUT2D eigenvalue weighted by Gasteiger charge is -2.13. The predicted molar refractivity (Wildman–Crippen MR) is 44.2 cm³/mol. The monoisotopic (exact) mass is 170 g/mol. The smallest absolute Gasteiger partial charge is 0.222 e. The fraction of sp³-hybridized carbons (Fsp3) is 0.750. The molecule has 0 aromatic heterocycles. The molecular formula is C8H14N2O2. The number of nitrogens with two attached hydrogens (primary N) is 1. The number of rotatable bonds is 4. The van der Waals surface area contributed by atoms with Crippen LogP contribution >= 0.6 is 0 Å². The van der Waals surface area contributed by atoms with E-state index in [1.807, 2.05) is 0 Å². The van der Waals surface area contributed by atoms with E-state index >= 15 is 0 Å². The van der Waals surface area contributed by atoms with Gasteiger partial charge in [0.2, 0.25) is 11.8 Å². The molecule has 2 amide bonds. The molecule has 1 rings (SSSR count). The Kier molecular flexibility index (Phi) is 3.08. The number of likely N-dealkylation sites (tertiary alicyclic amines) is 1. The van der Waals surface area contributed by atoms with Crippen molar-refractivity contribution in [1.82, 2.24) is 4.90 Å². The van der Waals surface area contributed by atoms with Gasteiger partial charge < -0.3 is 10.6 Å². The predicted octanol–water partition coefficient (Wildman–Crippen LogP) is -0.126. The molecule has 0 radical (unpaired) electrons. The fourth-order valence-corrected chi connectivity index (χ4v) is 1.38. The number of carbonyl (C=O) groups excluding carboxylic acids is 2. The molecule has 0 unspecified atom stereocenters. The third kappa shape index (κ3) is 2.53. The van der Waals surface area contributed by atoms with E-state index in [0.717, 1.165) is 13.0 Å². The number of hydrogen-bond donors (Lipinski definition) is 1. The number of primary amides is 1. The molecule has 12 heavy (non-hydrogen) atoms. The third-order valence-electron chi connectivity index (χ3n) is 2.02. The summed E-state index contributed by atoms with van der Waals surface area (Å²) in [5, 5.41) is 0. The lowest BCUT2D eigenvalue weighted by molar-refractivity contribution is -0.128. The molecule has 0 bridgehead atoms. The first kappa shape index (κ1) is 9.03. The van der Waals surface area contributed by atoms with Crippen LogP contribution < -0.4 is 5.73 Å². The maximum atomic E-state index is 11.1. The Hall–Kier alpha value is -1.06. The molecule has 0 spiro atoms. The van der Waals surface area contributed by atoms with Gasteiger partial charge in [-0.2, -0.15) is 0 Å². The molecule has 1 aliphatic rings. The summed E-state index contributed by atoms with van der Waals surface area (Å²) in [6, 6.07) is 0. The largest absolute Gasteiger partial charge is 0.370 e. The summed E-state index contributed by atoms with van der Waals surface area (Å²) < 4.78 is 0. The van der Waals surface area contributed by atoms with Crippen molar-refractivity contribution in [2.24, 2.45) is 5.73 Å². The van der Waals surface area contributed by atoms with Gasteiger partial charge in [-0.05, 0) is 12.8 Å². The van der Waals surface area contributed by atoms with Crippen molar-refractivity contribution in [3.8, 4) is 0 Å². The second-order valence-corrected chi connectivity index (χ2v) is 3.05. The summed E-state index contributed by atoms with van der Waals surface area (Å²) in [5.74, 6) is -0.0823. The van der Waals surface area contributed by atoms with Crippen molar-refractivity contribution in [2.75, 3.05) is 13.1 Å². The number of hydrogen-bond acceptors (Lipinski definition) is 2. The van der Waals surface area contributed by atoms with Gasteiger partial charge in [0.25, 0.3) is 0 Å². The van der Waals surface area contributed by atoms with E-state index in [2.05, 4.69) is 0 Å². The highest BCUT2D eigenvalue weighted by atomic mass is 16.2. The van der Waals surface area contributed by atoms with Crippen molar-refractivity contribution < 1.29 is 9.59 Å². The Morgan fingerprint density at radius 3 is 2.83 bits per heavy atom. The van der Waals surface area contributed by atoms with E-state index < -0.39 is 0 Å². The van der Waals surface area contributed by atoms with Crippen LogP contribution in [0.2, 0.25) is 0 Å². The van der Waals surface area contributed by atoms with Crippen LogP contribution in [0.4, 0.5) is 0 Å². The average Bonchev–Trinajstić information content (AvgIpc) is 2.36. The van der Waals surface area contributed by atoms with Crippen LogP contribution in [0.5, 0.6) is 0 Å². The van der Waals surface area contributed by atoms with Gasteiger partial charge in [-0.3, -0.25) is 9.59 Å². The first-order valence-corrected chi connectivity index (χ1v) is 4.26. The van der Waals surface area contributed by atoms with Crippen LogP contribution in [0, 0.1) is 0 Å². The van der Waals surface area contributed by atoms with E-state index in [9.17, 15) is 9.59 Å². The van der Waals surface area contributed by atoms with Gasteiger partial charge in [-0.25, -0.2) is 0 Å². The highest BCUT2D eigenvalue weighted by Crippen LogP contribution is 2.09. The van der Waals surface area contributed by atoms with Gasteiger partial charge in [-0.1, -0.05) is 0 Å². The summed E-state index contributed by atoms with van der Waals surface area (Å²) >= 11 is 0. The highest BCUT2D eigenvalue weighted by molar-refractivity contribution is 5.78. The third-order valence-corrected chi connectivity index (χ3v) is 2.02. The zero-order valence-corrected chi connectivity index (χ0v) is 7.08. The second-order valence-electron chi connectivity index (χ2n) is 3.05. The minimum atomic E-state index is -0.290. The van der Waals surface area contributed by atoms with E-state index in [4.69, 9.17) is 5.73 Å². The topological polar surface area (TPSA) is 63.4 Å². The van der Waals surface area contributed by atoms with Crippen LogP contribution in [-0.4, -0.2) is 29.8 Å². The minimum Gasteiger partial charge on any atom is -0.370 e. The van der Waals surface area contributed by atoms with Crippen LogP contribution in [-0.2, 0) is 9.59 Å². The second kappa shape index (κ2) is 4.09. The van der Waals surface area contributed by atoms with E-state index in [1.54, 1.807) is 4.90 Å². The lowest BCUT2D eigenvalue weighted by atomic mass is 10.3. The summed E-state index contributed by atoms with van der Waals surface area (Å²) in [6.45, 7) is 1.53. The van der Waals surface area contributed by atoms with Crippen LogP contribution in [0.15, 0.2) is 0 Å². The number of nitrogens with zero attached hydrogens (tertiary/aromatic N) is 1. The molecular weight excluding hydrogens is 156 g/mol. The van der Waals surface area contributed by atoms with E-state index in [1.165, 1.54) is 0 Å². The van der Waals surface area contributed by atoms with Gasteiger partial charge in [0.05, 0.1) is 0 Å². The number of carbonyl (C=O) groups is 2. The Morgan fingerprint density at radius 2 is 2.33 bits per heavy atom. The number of amides is 2. The zero-order valence-electron chi connectivity index (χ0n) is 7.08. The molecule has 1 fully saturated rings. The highest BCUT2D eigenvalue weighted by Gasteiger charge is 2.18. The van der Waals surface area contributed by atoms with Crippen molar-refractivity contribution in [3.05, 3.63) is 0 Å². The molecule has 68 valence electrons. The molecule has 0 aromatic carbocycles. The van der Waals surface area contributed by atoms with Gasteiger partial charge in [0.15, 0.2) is 0 Å². The van der Waals surface area contributed by atoms with Crippen LogP contribution in [0.3, 0.4) is 0 Å². The van der Waals surface area contributed by atoms with Crippen molar-refractivity contribution in [3.63, 3.8) is 0 Å². The van der Waals surface area contributed by atoms with E-state index in [-0.39, 0.29) is 11.8 Å². The summed E-state index contributed by atoms with van der Waals surface area (Å²) in [7, 11) is 0. The van der Waals surface area contributed by atoms with Gasteiger partial charge in [0.1, 0.15) is 0 Å². The maximum Gasteiger partial charge on any atom is 0.222 e. The van der Waals surface area contributed by atoms with Gasteiger partial charge >= 0.3 is 0 Å². The van der Waals surface area contributed by atoms with Crippen molar-refractivity contribution in [1.29, 1.82) is 0 Å². The normalized spacial score (nSPS) is 17.0. The fourth-order valence-electron chi connectivity index (χ4n) is 1.38. The average molecular weight is 170 g/mol. The molecule has 2 N–H and O–H groups in total. The zero-order chi connectivity index (χ0) is 8.97. The molecule has 0 aromatic rings. The summed E-state index contributed by atoms with van der Waals surface area (Å²) in [5.41, 5.74) is 4.97. The van der Waals surface area contributed by atoms with Gasteiger partial charge in [-0.15, -0.1) is 0 Å². The molecule has 1 aliphatic heterocycles. The van der Waals surface area contributed by atoms with Crippen molar-refractivity contribution >= 4 is 11.8 Å². The molecule has 1 heterocycles. The molecule has 0 aliphatic carbocycles. The standard InChI is InChI=1S/C8H14N2O2/c9-7(11)3-1-5-10-6-2-4-8(10)12/h1-6H2,(H2,9,11). The van der Waals surface area contributed by atoms with Gasteiger partial charge in [0, 0.05) is 25.9 Å². The Balaban J connectivity index is 2.14. The SMILES string of the molecule is NC(=O)CCCN1CCCC1=O. The Labute approximate surface area is 71.7 Å². The minimum absolute atomic E-state index is 0.208. The van der Waals surface area contributed by atoms with Crippen LogP contribution in [0.25, 0.3) is 0 Å². The maximum absolute atomic E-state index is 11.1. The van der Waals surface area contributed by atoms with E-state index in [0.29, 0.717) is 25.8 Å².